The van der Waals surface area contributed by atoms with Gasteiger partial charge in [0.2, 0.25) is 5.91 Å². The number of amides is 1. The Morgan fingerprint density at radius 2 is 2.16 bits per heavy atom. The van der Waals surface area contributed by atoms with Crippen LogP contribution in [-0.4, -0.2) is 55.5 Å². The van der Waals surface area contributed by atoms with Gasteiger partial charge in [0.15, 0.2) is 0 Å². The van der Waals surface area contributed by atoms with Gasteiger partial charge in [-0.3, -0.25) is 9.69 Å². The minimum Gasteiger partial charge on any atom is -0.369 e. The molecule has 2 N–H and O–H groups in total. The Bertz CT molecular complexity index is 577. The number of piperidine rings is 1. The lowest BCUT2D eigenvalue weighted by molar-refractivity contribution is -0.137. The number of nitrogens with zero attached hydrogens (tertiary/aromatic N) is 2. The molecule has 0 spiro atoms. The van der Waals surface area contributed by atoms with E-state index in [2.05, 4.69) is 4.90 Å². The predicted octanol–water partition coefficient (Wildman–Crippen LogP) is 2.38. The smallest absolute Gasteiger partial charge is 0.369 e. The van der Waals surface area contributed by atoms with Crippen LogP contribution in [0.15, 0.2) is 24.3 Å². The molecule has 0 bridgehead atoms. The molecule has 0 saturated carbocycles. The summed E-state index contributed by atoms with van der Waals surface area (Å²) in [6.07, 6.45) is -1.52. The fraction of sp³-hybridized carbons (Fsp3) is 0.611. The van der Waals surface area contributed by atoms with Crippen LogP contribution < -0.4 is 5.73 Å². The number of rotatable bonds is 7. The van der Waals surface area contributed by atoms with Crippen molar-refractivity contribution in [3.63, 3.8) is 0 Å². The molecule has 1 atom stereocenters. The predicted molar refractivity (Wildman–Crippen MR) is 91.0 cm³/mol. The number of benzene rings is 1. The monoisotopic (exact) mass is 357 g/mol. The second-order valence-electron chi connectivity index (χ2n) is 6.92. The Morgan fingerprint density at radius 3 is 2.84 bits per heavy atom. The molecule has 0 aliphatic carbocycles. The van der Waals surface area contributed by atoms with Gasteiger partial charge in [-0.1, -0.05) is 18.2 Å². The van der Waals surface area contributed by atoms with Gasteiger partial charge in [0.25, 0.3) is 0 Å². The molecule has 140 valence electrons. The summed E-state index contributed by atoms with van der Waals surface area (Å²) < 4.78 is 38.3. The summed E-state index contributed by atoms with van der Waals surface area (Å²) >= 11 is 0. The Labute approximate surface area is 146 Å². The molecule has 1 aliphatic rings. The first kappa shape index (κ1) is 19.7. The van der Waals surface area contributed by atoms with E-state index in [0.29, 0.717) is 17.9 Å². The third-order valence-corrected chi connectivity index (χ3v) is 4.57. The zero-order chi connectivity index (χ0) is 18.4. The van der Waals surface area contributed by atoms with Crippen molar-refractivity contribution < 1.29 is 18.0 Å². The van der Waals surface area contributed by atoms with Crippen molar-refractivity contribution >= 4 is 5.91 Å². The first-order valence-corrected chi connectivity index (χ1v) is 8.59. The summed E-state index contributed by atoms with van der Waals surface area (Å²) in [5, 5.41) is 0. The molecule has 1 aliphatic heterocycles. The van der Waals surface area contributed by atoms with Gasteiger partial charge >= 0.3 is 6.18 Å². The molecule has 1 heterocycles. The highest BCUT2D eigenvalue weighted by molar-refractivity contribution is 5.75. The number of likely N-dealkylation sites (N-methyl/N-ethyl adjacent to an activating group) is 1. The third-order valence-electron chi connectivity index (χ3n) is 4.57. The highest BCUT2D eigenvalue weighted by Crippen LogP contribution is 2.29. The molecule has 1 fully saturated rings. The standard InChI is InChI=1S/C18H26F3N3O/c1-23(13-17(22)25)11-15-5-3-8-24(12-15)9-7-14-4-2-6-16(10-14)18(19,20)21/h2,4,6,10,15H,3,5,7-9,11-13H2,1H3,(H2,22,25)/t15-/m0/s1. The van der Waals surface area contributed by atoms with E-state index in [-0.39, 0.29) is 12.5 Å². The lowest BCUT2D eigenvalue weighted by atomic mass is 9.97. The van der Waals surface area contributed by atoms with E-state index < -0.39 is 11.7 Å². The van der Waals surface area contributed by atoms with E-state index in [4.69, 9.17) is 5.73 Å². The fourth-order valence-corrected chi connectivity index (χ4v) is 3.47. The van der Waals surface area contributed by atoms with Crippen molar-refractivity contribution in [2.75, 3.05) is 39.8 Å². The highest BCUT2D eigenvalue weighted by atomic mass is 19.4. The topological polar surface area (TPSA) is 49.6 Å². The van der Waals surface area contributed by atoms with Gasteiger partial charge in [-0.15, -0.1) is 0 Å². The molecule has 1 aromatic carbocycles. The maximum atomic E-state index is 12.8. The minimum absolute atomic E-state index is 0.251. The summed E-state index contributed by atoms with van der Waals surface area (Å²) in [6.45, 7) is 3.68. The molecule has 25 heavy (non-hydrogen) atoms. The van der Waals surface area contributed by atoms with Crippen LogP contribution in [0.3, 0.4) is 0 Å². The average molecular weight is 357 g/mol. The quantitative estimate of drug-likeness (QED) is 0.815. The zero-order valence-corrected chi connectivity index (χ0v) is 14.6. The van der Waals surface area contributed by atoms with E-state index in [9.17, 15) is 18.0 Å². The van der Waals surface area contributed by atoms with Crippen LogP contribution in [0.25, 0.3) is 0 Å². The number of halogens is 3. The van der Waals surface area contributed by atoms with Gasteiger partial charge in [-0.2, -0.15) is 13.2 Å². The summed E-state index contributed by atoms with van der Waals surface area (Å²) in [6, 6.07) is 5.56. The number of primary amides is 1. The Kier molecular flexibility index (Phi) is 6.84. The Balaban J connectivity index is 1.83. The lowest BCUT2D eigenvalue weighted by Gasteiger charge is -2.34. The van der Waals surface area contributed by atoms with Gasteiger partial charge in [0.1, 0.15) is 0 Å². The molecular weight excluding hydrogens is 331 g/mol. The van der Waals surface area contributed by atoms with Gasteiger partial charge in [-0.25, -0.2) is 0 Å². The molecule has 1 saturated heterocycles. The van der Waals surface area contributed by atoms with Crippen LogP contribution in [0, 0.1) is 5.92 Å². The number of likely N-dealkylation sites (tertiary alicyclic amines) is 1. The number of nitrogens with two attached hydrogens (primary N) is 1. The summed E-state index contributed by atoms with van der Waals surface area (Å²) in [7, 11) is 1.88. The number of carbonyl (C=O) groups excluding carboxylic acids is 1. The molecule has 7 heteroatoms. The molecule has 1 aromatic rings. The maximum Gasteiger partial charge on any atom is 0.416 e. The highest BCUT2D eigenvalue weighted by Gasteiger charge is 2.30. The number of carbonyl (C=O) groups is 1. The second kappa shape index (κ2) is 8.67. The van der Waals surface area contributed by atoms with Crippen LogP contribution in [0.5, 0.6) is 0 Å². The SMILES string of the molecule is CN(CC(N)=O)C[C@@H]1CCCN(CCc2cccc(C(F)(F)F)c2)C1. The van der Waals surface area contributed by atoms with Crippen molar-refractivity contribution in [2.45, 2.75) is 25.4 Å². The fourth-order valence-electron chi connectivity index (χ4n) is 3.47. The molecular formula is C18H26F3N3O. The molecule has 1 amide bonds. The minimum atomic E-state index is -4.29. The largest absolute Gasteiger partial charge is 0.416 e. The van der Waals surface area contributed by atoms with E-state index >= 15 is 0 Å². The van der Waals surface area contributed by atoms with E-state index in [1.54, 1.807) is 6.07 Å². The molecule has 0 aromatic heterocycles. The van der Waals surface area contributed by atoms with Crippen molar-refractivity contribution in [3.05, 3.63) is 35.4 Å². The molecule has 2 rings (SSSR count). The van der Waals surface area contributed by atoms with Gasteiger partial charge in [0, 0.05) is 19.6 Å². The van der Waals surface area contributed by atoms with E-state index in [0.717, 1.165) is 45.1 Å². The Hall–Kier alpha value is -1.60. The first-order valence-electron chi connectivity index (χ1n) is 8.59. The molecule has 4 nitrogen and oxygen atoms in total. The Morgan fingerprint density at radius 1 is 1.40 bits per heavy atom. The second-order valence-corrected chi connectivity index (χ2v) is 6.92. The first-order chi connectivity index (χ1) is 11.7. The van der Waals surface area contributed by atoms with Crippen LogP contribution in [0.1, 0.15) is 24.0 Å². The third kappa shape index (κ3) is 6.66. The van der Waals surface area contributed by atoms with E-state index in [1.165, 1.54) is 12.1 Å². The van der Waals surface area contributed by atoms with Crippen LogP contribution >= 0.6 is 0 Å². The lowest BCUT2D eigenvalue weighted by Crippen LogP contribution is -2.42. The van der Waals surface area contributed by atoms with Crippen molar-refractivity contribution in [2.24, 2.45) is 11.7 Å². The zero-order valence-electron chi connectivity index (χ0n) is 14.6. The summed E-state index contributed by atoms with van der Waals surface area (Å²) in [4.78, 5) is 15.2. The van der Waals surface area contributed by atoms with E-state index in [1.807, 2.05) is 11.9 Å². The van der Waals surface area contributed by atoms with Crippen LogP contribution in [0.2, 0.25) is 0 Å². The van der Waals surface area contributed by atoms with Crippen LogP contribution in [0.4, 0.5) is 13.2 Å². The normalized spacial score (nSPS) is 19.3. The maximum absolute atomic E-state index is 12.8. The van der Waals surface area contributed by atoms with Crippen molar-refractivity contribution in [1.82, 2.24) is 9.80 Å². The van der Waals surface area contributed by atoms with Crippen LogP contribution in [-0.2, 0) is 17.4 Å². The number of alkyl halides is 3. The summed E-state index contributed by atoms with van der Waals surface area (Å²) in [5.74, 6) is 0.124. The van der Waals surface area contributed by atoms with Gasteiger partial charge in [0.05, 0.1) is 12.1 Å². The van der Waals surface area contributed by atoms with Gasteiger partial charge in [-0.05, 0) is 50.4 Å². The average Bonchev–Trinajstić information content (AvgIpc) is 2.52. The number of hydrogen-bond donors (Lipinski definition) is 1. The van der Waals surface area contributed by atoms with Crippen molar-refractivity contribution in [1.29, 1.82) is 0 Å². The van der Waals surface area contributed by atoms with Crippen molar-refractivity contribution in [3.8, 4) is 0 Å². The van der Waals surface area contributed by atoms with Gasteiger partial charge < -0.3 is 10.6 Å². The molecule has 0 unspecified atom stereocenters. The number of hydrogen-bond acceptors (Lipinski definition) is 3. The molecule has 0 radical (unpaired) electrons. The summed E-state index contributed by atoms with van der Waals surface area (Å²) in [5.41, 5.74) is 5.33.